The van der Waals surface area contributed by atoms with Gasteiger partial charge in [-0.15, -0.1) is 0 Å². The molecule has 0 heterocycles. The Hall–Kier alpha value is -1.46. The van der Waals surface area contributed by atoms with Crippen LogP contribution < -0.4 is 0 Å². The Balaban J connectivity index is 3.59. The van der Waals surface area contributed by atoms with Crippen molar-refractivity contribution < 1.29 is 27.8 Å². The number of halogens is 2. The van der Waals surface area contributed by atoms with Crippen molar-refractivity contribution in [3.8, 4) is 0 Å². The topological polar surface area (TPSA) is 52.6 Å². The third-order valence-corrected chi connectivity index (χ3v) is 1.20. The average molecular weight is 222 g/mol. The summed E-state index contributed by atoms with van der Waals surface area (Å²) < 4.78 is 33.1. The number of rotatable bonds is 6. The third-order valence-electron chi connectivity index (χ3n) is 1.20. The molecule has 6 heteroatoms. The molecular formula is C9H12F2O4. The molecule has 0 aliphatic heterocycles. The molecule has 0 fully saturated rings. The van der Waals surface area contributed by atoms with Gasteiger partial charge in [-0.1, -0.05) is 6.58 Å². The number of alkyl halides is 2. The molecule has 86 valence electrons. The van der Waals surface area contributed by atoms with Crippen LogP contribution in [-0.4, -0.2) is 31.1 Å². The molecule has 0 N–H and O–H groups in total. The lowest BCUT2D eigenvalue weighted by atomic mass is 10.4. The summed E-state index contributed by atoms with van der Waals surface area (Å²) >= 11 is 0. The maximum Gasteiger partial charge on any atom is 0.330 e. The van der Waals surface area contributed by atoms with Gasteiger partial charge in [0.25, 0.3) is 5.92 Å². The van der Waals surface area contributed by atoms with Crippen LogP contribution in [0.2, 0.25) is 0 Å². The Bertz CT molecular complexity index is 245. The van der Waals surface area contributed by atoms with E-state index in [9.17, 15) is 18.4 Å². The Morgan fingerprint density at radius 3 is 2.47 bits per heavy atom. The fourth-order valence-corrected chi connectivity index (χ4v) is 0.573. The van der Waals surface area contributed by atoms with Crippen molar-refractivity contribution in [3.05, 3.63) is 12.7 Å². The number of hydrogen-bond acceptors (Lipinski definition) is 4. The molecule has 0 saturated carbocycles. The van der Waals surface area contributed by atoms with Crippen molar-refractivity contribution in [2.75, 3.05) is 13.2 Å². The smallest absolute Gasteiger partial charge is 0.330 e. The van der Waals surface area contributed by atoms with E-state index in [2.05, 4.69) is 16.1 Å². The highest BCUT2D eigenvalue weighted by Crippen LogP contribution is 2.11. The third kappa shape index (κ3) is 8.86. The number of carbonyl (C=O) groups excluding carboxylic acids is 2. The van der Waals surface area contributed by atoms with Crippen LogP contribution in [0.3, 0.4) is 0 Å². The first-order chi connectivity index (χ1) is 6.85. The first-order valence-electron chi connectivity index (χ1n) is 4.18. The van der Waals surface area contributed by atoms with Crippen molar-refractivity contribution in [2.45, 2.75) is 19.3 Å². The quantitative estimate of drug-likeness (QED) is 0.502. The average Bonchev–Trinajstić information content (AvgIpc) is 2.13. The van der Waals surface area contributed by atoms with Crippen LogP contribution in [0.1, 0.15) is 13.3 Å². The highest BCUT2D eigenvalue weighted by molar-refractivity contribution is 5.81. The maximum atomic E-state index is 12.2. The number of carbonyl (C=O) groups is 2. The Morgan fingerprint density at radius 1 is 1.40 bits per heavy atom. The minimum atomic E-state index is -3.05. The van der Waals surface area contributed by atoms with Gasteiger partial charge in [-0.25, -0.2) is 13.6 Å². The monoisotopic (exact) mass is 222 g/mol. The zero-order valence-corrected chi connectivity index (χ0v) is 8.29. The molecule has 0 radical (unpaired) electrons. The normalized spacial score (nSPS) is 10.6. The van der Waals surface area contributed by atoms with Crippen LogP contribution in [0.5, 0.6) is 0 Å². The molecule has 0 saturated heterocycles. The van der Waals surface area contributed by atoms with Gasteiger partial charge < -0.3 is 9.47 Å². The summed E-state index contributed by atoms with van der Waals surface area (Å²) in [5, 5.41) is 0. The maximum absolute atomic E-state index is 12.2. The molecule has 0 spiro atoms. The lowest BCUT2D eigenvalue weighted by Crippen LogP contribution is -2.22. The predicted molar refractivity (Wildman–Crippen MR) is 47.4 cm³/mol. The number of hydrogen-bond donors (Lipinski definition) is 0. The summed E-state index contributed by atoms with van der Waals surface area (Å²) in [7, 11) is 0. The van der Waals surface area contributed by atoms with Gasteiger partial charge in [-0.05, 0) is 0 Å². The van der Waals surface area contributed by atoms with Crippen LogP contribution in [0.15, 0.2) is 12.7 Å². The molecule has 0 bridgehead atoms. The van der Waals surface area contributed by atoms with E-state index in [0.29, 0.717) is 6.92 Å². The van der Waals surface area contributed by atoms with Crippen molar-refractivity contribution in [2.24, 2.45) is 0 Å². The van der Waals surface area contributed by atoms with Crippen molar-refractivity contribution >= 4 is 11.9 Å². The summed E-state index contributed by atoms with van der Waals surface area (Å²) in [6, 6.07) is 0. The van der Waals surface area contributed by atoms with E-state index >= 15 is 0 Å². The van der Waals surface area contributed by atoms with E-state index in [-0.39, 0.29) is 13.0 Å². The van der Waals surface area contributed by atoms with Crippen LogP contribution >= 0.6 is 0 Å². The number of ether oxygens (including phenoxy) is 2. The van der Waals surface area contributed by atoms with Gasteiger partial charge in [0.05, 0.1) is 6.42 Å². The van der Waals surface area contributed by atoms with E-state index < -0.39 is 24.5 Å². The van der Waals surface area contributed by atoms with E-state index in [1.54, 1.807) is 0 Å². The van der Waals surface area contributed by atoms with Crippen LogP contribution in [0, 0.1) is 0 Å². The lowest BCUT2D eigenvalue weighted by molar-refractivity contribution is -0.155. The summed E-state index contributed by atoms with van der Waals surface area (Å²) in [5.74, 6) is -4.56. The standard InChI is InChI=1S/C9H12F2O4/c1-3-7(12)14-5-4-8(13)15-6-9(2,10)11/h3H,1,4-6H2,2H3. The summed E-state index contributed by atoms with van der Waals surface area (Å²) in [5.41, 5.74) is 0. The molecule has 0 aromatic heterocycles. The van der Waals surface area contributed by atoms with E-state index in [0.717, 1.165) is 6.08 Å². The second-order valence-corrected chi connectivity index (χ2v) is 2.85. The zero-order valence-electron chi connectivity index (χ0n) is 8.29. The molecule has 0 atom stereocenters. The van der Waals surface area contributed by atoms with Gasteiger partial charge in [0.2, 0.25) is 0 Å². The summed E-state index contributed by atoms with van der Waals surface area (Å²) in [6.45, 7) is 2.59. The molecule has 0 aliphatic rings. The SMILES string of the molecule is C=CC(=O)OCCC(=O)OCC(C)(F)F. The summed E-state index contributed by atoms with van der Waals surface area (Å²) in [4.78, 5) is 21.3. The van der Waals surface area contributed by atoms with Crippen molar-refractivity contribution in [1.29, 1.82) is 0 Å². The molecule has 15 heavy (non-hydrogen) atoms. The second-order valence-electron chi connectivity index (χ2n) is 2.85. The second kappa shape index (κ2) is 6.10. The Labute approximate surface area is 85.9 Å². The van der Waals surface area contributed by atoms with E-state index in [1.807, 2.05) is 0 Å². The molecule has 0 amide bonds. The molecule has 0 aromatic carbocycles. The zero-order chi connectivity index (χ0) is 11.9. The lowest BCUT2D eigenvalue weighted by Gasteiger charge is -2.10. The molecule has 0 aromatic rings. The largest absolute Gasteiger partial charge is 0.462 e. The predicted octanol–water partition coefficient (Wildman–Crippen LogP) is 1.30. The molecule has 0 aliphatic carbocycles. The van der Waals surface area contributed by atoms with Gasteiger partial charge in [0, 0.05) is 13.0 Å². The van der Waals surface area contributed by atoms with Gasteiger partial charge in [0.15, 0.2) is 6.61 Å². The molecule has 4 nitrogen and oxygen atoms in total. The van der Waals surface area contributed by atoms with Crippen molar-refractivity contribution in [1.82, 2.24) is 0 Å². The Morgan fingerprint density at radius 2 is 2.00 bits per heavy atom. The number of esters is 2. The van der Waals surface area contributed by atoms with E-state index in [1.165, 1.54) is 0 Å². The fraction of sp³-hybridized carbons (Fsp3) is 0.556. The highest BCUT2D eigenvalue weighted by atomic mass is 19.3. The molecule has 0 rings (SSSR count). The minimum absolute atomic E-state index is 0.209. The first kappa shape index (κ1) is 13.5. The summed E-state index contributed by atoms with van der Waals surface area (Å²) in [6.07, 6.45) is 0.682. The van der Waals surface area contributed by atoms with Crippen LogP contribution in [-0.2, 0) is 19.1 Å². The van der Waals surface area contributed by atoms with Gasteiger partial charge in [-0.2, -0.15) is 0 Å². The van der Waals surface area contributed by atoms with Crippen LogP contribution in [0.4, 0.5) is 8.78 Å². The van der Waals surface area contributed by atoms with Crippen LogP contribution in [0.25, 0.3) is 0 Å². The first-order valence-corrected chi connectivity index (χ1v) is 4.18. The molecule has 0 unspecified atom stereocenters. The Kier molecular flexibility index (Phi) is 5.51. The fourth-order valence-electron chi connectivity index (χ4n) is 0.573. The van der Waals surface area contributed by atoms with E-state index in [4.69, 9.17) is 0 Å². The minimum Gasteiger partial charge on any atom is -0.462 e. The van der Waals surface area contributed by atoms with Gasteiger partial charge >= 0.3 is 11.9 Å². The van der Waals surface area contributed by atoms with Gasteiger partial charge in [0.1, 0.15) is 6.61 Å². The van der Waals surface area contributed by atoms with Crippen molar-refractivity contribution in [3.63, 3.8) is 0 Å². The van der Waals surface area contributed by atoms with Gasteiger partial charge in [-0.3, -0.25) is 4.79 Å². The highest BCUT2D eigenvalue weighted by Gasteiger charge is 2.23. The molecular weight excluding hydrogens is 210 g/mol.